The van der Waals surface area contributed by atoms with Crippen LogP contribution in [0.4, 0.5) is 0 Å². The van der Waals surface area contributed by atoms with Crippen LogP contribution in [-0.2, 0) is 0 Å². The summed E-state index contributed by atoms with van der Waals surface area (Å²) < 4.78 is 10.4. The van der Waals surface area contributed by atoms with Gasteiger partial charge in [0.25, 0.3) is 5.91 Å². The Labute approximate surface area is 118 Å². The van der Waals surface area contributed by atoms with Gasteiger partial charge in [0.15, 0.2) is 11.5 Å². The largest absolute Gasteiger partial charge is 0.454 e. The fourth-order valence-electron chi connectivity index (χ4n) is 1.91. The number of amides is 1. The molecule has 1 aromatic carbocycles. The number of hydrogen-bond donors (Lipinski definition) is 1. The SMILES string of the molecule is O=C(NCCCCCCCl)c1ccc2c(c1)OCO2. The molecule has 0 radical (unpaired) electrons. The molecule has 1 heterocycles. The topological polar surface area (TPSA) is 47.6 Å². The number of nitrogens with one attached hydrogen (secondary N) is 1. The first-order valence-electron chi connectivity index (χ1n) is 6.55. The molecule has 4 nitrogen and oxygen atoms in total. The summed E-state index contributed by atoms with van der Waals surface area (Å²) in [7, 11) is 0. The molecule has 0 unspecified atom stereocenters. The van der Waals surface area contributed by atoms with Crippen LogP contribution in [-0.4, -0.2) is 25.1 Å². The van der Waals surface area contributed by atoms with Crippen molar-refractivity contribution < 1.29 is 14.3 Å². The third kappa shape index (κ3) is 4.03. The highest BCUT2D eigenvalue weighted by Gasteiger charge is 2.15. The van der Waals surface area contributed by atoms with Gasteiger partial charge in [-0.05, 0) is 31.0 Å². The van der Waals surface area contributed by atoms with Gasteiger partial charge in [0, 0.05) is 18.0 Å². The minimum absolute atomic E-state index is 0.0735. The maximum absolute atomic E-state index is 11.9. The molecule has 1 aromatic rings. The van der Waals surface area contributed by atoms with Gasteiger partial charge in [0.1, 0.15) is 0 Å². The van der Waals surface area contributed by atoms with E-state index in [0.717, 1.165) is 25.7 Å². The van der Waals surface area contributed by atoms with Crippen molar-refractivity contribution in [2.24, 2.45) is 0 Å². The number of fused-ring (bicyclic) bond motifs is 1. The molecule has 1 amide bonds. The lowest BCUT2D eigenvalue weighted by Gasteiger charge is -2.05. The number of ether oxygens (including phenoxy) is 2. The summed E-state index contributed by atoms with van der Waals surface area (Å²) >= 11 is 5.60. The van der Waals surface area contributed by atoms with Crippen LogP contribution in [0.3, 0.4) is 0 Å². The molecular formula is C14H18ClNO3. The second-order valence-corrected chi connectivity index (χ2v) is 4.81. The van der Waals surface area contributed by atoms with Crippen LogP contribution in [0.15, 0.2) is 18.2 Å². The molecule has 0 fully saturated rings. The number of halogens is 1. The molecule has 1 aliphatic heterocycles. The average Bonchev–Trinajstić information content (AvgIpc) is 2.89. The smallest absolute Gasteiger partial charge is 0.251 e. The number of hydrogen-bond acceptors (Lipinski definition) is 3. The number of unbranched alkanes of at least 4 members (excludes halogenated alkanes) is 3. The Morgan fingerprint density at radius 1 is 1.16 bits per heavy atom. The Bertz CT molecular complexity index is 437. The van der Waals surface area contributed by atoms with Crippen LogP contribution in [0.2, 0.25) is 0 Å². The minimum Gasteiger partial charge on any atom is -0.454 e. The standard InChI is InChI=1S/C14H18ClNO3/c15-7-3-1-2-4-8-16-14(17)11-5-6-12-13(9-11)19-10-18-12/h5-6,9H,1-4,7-8,10H2,(H,16,17). The van der Waals surface area contributed by atoms with Crippen molar-refractivity contribution >= 4 is 17.5 Å². The van der Waals surface area contributed by atoms with E-state index < -0.39 is 0 Å². The fourth-order valence-corrected chi connectivity index (χ4v) is 2.10. The highest BCUT2D eigenvalue weighted by Crippen LogP contribution is 2.32. The zero-order chi connectivity index (χ0) is 13.5. The molecule has 1 N–H and O–H groups in total. The van der Waals surface area contributed by atoms with Gasteiger partial charge in [-0.15, -0.1) is 11.6 Å². The van der Waals surface area contributed by atoms with Gasteiger partial charge in [-0.25, -0.2) is 0 Å². The predicted octanol–water partition coefficient (Wildman–Crippen LogP) is 2.94. The Kier molecular flexibility index (Phi) is 5.33. The lowest BCUT2D eigenvalue weighted by molar-refractivity contribution is 0.0952. The number of alkyl halides is 1. The predicted molar refractivity (Wildman–Crippen MR) is 74.1 cm³/mol. The fraction of sp³-hybridized carbons (Fsp3) is 0.500. The summed E-state index contributed by atoms with van der Waals surface area (Å²) in [5, 5.41) is 2.90. The molecule has 0 saturated carbocycles. The second-order valence-electron chi connectivity index (χ2n) is 4.43. The first kappa shape index (κ1) is 14.0. The normalized spacial score (nSPS) is 12.5. The van der Waals surface area contributed by atoms with Crippen LogP contribution >= 0.6 is 11.6 Å². The van der Waals surface area contributed by atoms with E-state index in [9.17, 15) is 4.79 Å². The van der Waals surface area contributed by atoms with Gasteiger partial charge >= 0.3 is 0 Å². The van der Waals surface area contributed by atoms with Gasteiger partial charge in [-0.1, -0.05) is 12.8 Å². The van der Waals surface area contributed by atoms with Crippen molar-refractivity contribution in [3.8, 4) is 11.5 Å². The van der Waals surface area contributed by atoms with Crippen LogP contribution in [0.5, 0.6) is 11.5 Å². The van der Waals surface area contributed by atoms with Crippen molar-refractivity contribution in [1.29, 1.82) is 0 Å². The highest BCUT2D eigenvalue weighted by atomic mass is 35.5. The average molecular weight is 284 g/mol. The van der Waals surface area contributed by atoms with E-state index in [1.165, 1.54) is 0 Å². The zero-order valence-electron chi connectivity index (χ0n) is 10.8. The third-order valence-electron chi connectivity index (χ3n) is 2.98. The molecule has 0 saturated heterocycles. The molecule has 0 atom stereocenters. The molecule has 2 rings (SSSR count). The van der Waals surface area contributed by atoms with Crippen molar-refractivity contribution in [3.05, 3.63) is 23.8 Å². The Morgan fingerprint density at radius 3 is 2.79 bits per heavy atom. The summed E-state index contributed by atoms with van der Waals surface area (Å²) in [6.07, 6.45) is 4.22. The van der Waals surface area contributed by atoms with Crippen LogP contribution in [0.1, 0.15) is 36.0 Å². The summed E-state index contributed by atoms with van der Waals surface area (Å²) in [4.78, 5) is 11.9. The molecule has 0 aromatic heterocycles. The first-order chi connectivity index (χ1) is 9.31. The zero-order valence-corrected chi connectivity index (χ0v) is 11.5. The summed E-state index contributed by atoms with van der Waals surface area (Å²) in [5.41, 5.74) is 0.602. The summed E-state index contributed by atoms with van der Waals surface area (Å²) in [6, 6.07) is 5.22. The minimum atomic E-state index is -0.0735. The number of rotatable bonds is 7. The second kappa shape index (κ2) is 7.24. The molecule has 0 spiro atoms. The molecule has 104 valence electrons. The molecule has 19 heavy (non-hydrogen) atoms. The van der Waals surface area contributed by atoms with Gasteiger partial charge in [0.2, 0.25) is 6.79 Å². The van der Waals surface area contributed by atoms with E-state index in [2.05, 4.69) is 5.32 Å². The maximum Gasteiger partial charge on any atom is 0.251 e. The molecule has 1 aliphatic rings. The van der Waals surface area contributed by atoms with Gasteiger partial charge in [-0.2, -0.15) is 0 Å². The van der Waals surface area contributed by atoms with E-state index >= 15 is 0 Å². The molecular weight excluding hydrogens is 266 g/mol. The van der Waals surface area contributed by atoms with E-state index in [4.69, 9.17) is 21.1 Å². The van der Waals surface area contributed by atoms with Crippen LogP contribution in [0.25, 0.3) is 0 Å². The van der Waals surface area contributed by atoms with Crippen molar-refractivity contribution in [2.45, 2.75) is 25.7 Å². The quantitative estimate of drug-likeness (QED) is 0.618. The number of carbonyl (C=O) groups excluding carboxylic acids is 1. The Balaban J connectivity index is 1.74. The van der Waals surface area contributed by atoms with Gasteiger partial charge < -0.3 is 14.8 Å². The van der Waals surface area contributed by atoms with Crippen molar-refractivity contribution in [1.82, 2.24) is 5.32 Å². The van der Waals surface area contributed by atoms with E-state index in [1.807, 2.05) is 0 Å². The lowest BCUT2D eigenvalue weighted by Crippen LogP contribution is -2.24. The summed E-state index contributed by atoms with van der Waals surface area (Å²) in [5.74, 6) is 1.96. The number of carbonyl (C=O) groups is 1. The van der Waals surface area contributed by atoms with Gasteiger partial charge in [-0.3, -0.25) is 4.79 Å². The summed E-state index contributed by atoms with van der Waals surface area (Å²) in [6.45, 7) is 0.913. The van der Waals surface area contributed by atoms with E-state index in [0.29, 0.717) is 29.5 Å². The molecule has 5 heteroatoms. The van der Waals surface area contributed by atoms with Gasteiger partial charge in [0.05, 0.1) is 0 Å². The lowest BCUT2D eigenvalue weighted by atomic mass is 10.1. The monoisotopic (exact) mass is 283 g/mol. The van der Waals surface area contributed by atoms with E-state index in [-0.39, 0.29) is 12.7 Å². The number of benzene rings is 1. The Morgan fingerprint density at radius 2 is 1.95 bits per heavy atom. The third-order valence-corrected chi connectivity index (χ3v) is 3.25. The van der Waals surface area contributed by atoms with Crippen LogP contribution < -0.4 is 14.8 Å². The first-order valence-corrected chi connectivity index (χ1v) is 7.08. The van der Waals surface area contributed by atoms with Crippen molar-refractivity contribution in [3.63, 3.8) is 0 Å². The van der Waals surface area contributed by atoms with E-state index in [1.54, 1.807) is 18.2 Å². The van der Waals surface area contributed by atoms with Crippen LogP contribution in [0, 0.1) is 0 Å². The Hall–Kier alpha value is -1.42. The highest BCUT2D eigenvalue weighted by molar-refractivity contribution is 6.17. The molecule has 0 bridgehead atoms. The van der Waals surface area contributed by atoms with Crippen molar-refractivity contribution in [2.75, 3.05) is 19.2 Å². The molecule has 0 aliphatic carbocycles. The maximum atomic E-state index is 11.9.